The highest BCUT2D eigenvalue weighted by molar-refractivity contribution is 7.99. The van der Waals surface area contributed by atoms with Gasteiger partial charge in [0.2, 0.25) is 0 Å². The first kappa shape index (κ1) is 14.3. The summed E-state index contributed by atoms with van der Waals surface area (Å²) in [5, 5.41) is 4.17. The molecule has 1 nitrogen and oxygen atoms in total. The molecule has 2 rings (SSSR count). The van der Waals surface area contributed by atoms with Crippen molar-refractivity contribution in [3.05, 3.63) is 58.6 Å². The van der Waals surface area contributed by atoms with Crippen molar-refractivity contribution in [2.45, 2.75) is 18.7 Å². The normalized spacial score (nSPS) is 10.5. The predicted molar refractivity (Wildman–Crippen MR) is 86.6 cm³/mol. The summed E-state index contributed by atoms with van der Waals surface area (Å²) in [6.07, 6.45) is 0. The number of thioether (sulfide) groups is 1. The van der Waals surface area contributed by atoms with Crippen LogP contribution in [0.15, 0.2) is 47.4 Å². The molecule has 0 saturated carbocycles. The first-order valence-corrected chi connectivity index (χ1v) is 7.71. The van der Waals surface area contributed by atoms with E-state index in [9.17, 15) is 0 Å². The molecule has 0 unspecified atom stereocenters. The van der Waals surface area contributed by atoms with Gasteiger partial charge < -0.3 is 5.32 Å². The molecule has 1 N–H and O–H groups in total. The molecule has 0 aromatic heterocycles. The van der Waals surface area contributed by atoms with E-state index in [0.717, 1.165) is 23.0 Å². The van der Waals surface area contributed by atoms with Crippen LogP contribution in [0.25, 0.3) is 0 Å². The quantitative estimate of drug-likeness (QED) is 0.603. The molecule has 0 aliphatic heterocycles. The Morgan fingerprint density at radius 2 is 1.79 bits per heavy atom. The summed E-state index contributed by atoms with van der Waals surface area (Å²) in [5.41, 5.74) is 3.79. The first-order chi connectivity index (χ1) is 9.15. The lowest BCUT2D eigenvalue weighted by Crippen LogP contribution is -2.03. The van der Waals surface area contributed by atoms with Crippen molar-refractivity contribution in [1.29, 1.82) is 0 Å². The number of anilines is 1. The van der Waals surface area contributed by atoms with Crippen LogP contribution in [0.2, 0.25) is 5.02 Å². The molecule has 19 heavy (non-hydrogen) atoms. The second kappa shape index (κ2) is 6.88. The SMILES string of the molecule is Cc1ccc(SCCNc2ccc(Cl)cc2)c(C)c1. The van der Waals surface area contributed by atoms with E-state index in [4.69, 9.17) is 11.6 Å². The Morgan fingerprint density at radius 3 is 2.47 bits per heavy atom. The fourth-order valence-electron chi connectivity index (χ4n) is 1.89. The number of halogens is 1. The van der Waals surface area contributed by atoms with E-state index in [-0.39, 0.29) is 0 Å². The van der Waals surface area contributed by atoms with Gasteiger partial charge in [-0.25, -0.2) is 0 Å². The van der Waals surface area contributed by atoms with Gasteiger partial charge in [0, 0.05) is 27.9 Å². The molecule has 0 atom stereocenters. The number of aryl methyl sites for hydroxylation is 2. The molecule has 0 amide bonds. The van der Waals surface area contributed by atoms with Gasteiger partial charge >= 0.3 is 0 Å². The van der Waals surface area contributed by atoms with Gasteiger partial charge in [-0.3, -0.25) is 0 Å². The van der Waals surface area contributed by atoms with Gasteiger partial charge in [0.1, 0.15) is 0 Å². The summed E-state index contributed by atoms with van der Waals surface area (Å²) in [6, 6.07) is 14.4. The largest absolute Gasteiger partial charge is 0.384 e. The van der Waals surface area contributed by atoms with Gasteiger partial charge in [0.05, 0.1) is 0 Å². The summed E-state index contributed by atoms with van der Waals surface area (Å²) >= 11 is 7.74. The summed E-state index contributed by atoms with van der Waals surface area (Å²) in [5.74, 6) is 1.05. The highest BCUT2D eigenvalue weighted by Crippen LogP contribution is 2.23. The first-order valence-electron chi connectivity index (χ1n) is 6.34. The maximum atomic E-state index is 5.85. The van der Waals surface area contributed by atoms with E-state index < -0.39 is 0 Å². The number of benzene rings is 2. The Hall–Kier alpha value is -1.12. The standard InChI is InChI=1S/C16H18ClNS/c1-12-3-8-16(13(2)11-12)19-10-9-18-15-6-4-14(17)5-7-15/h3-8,11,18H,9-10H2,1-2H3. The number of hydrogen-bond acceptors (Lipinski definition) is 2. The van der Waals surface area contributed by atoms with Crippen LogP contribution in [0.5, 0.6) is 0 Å². The zero-order valence-electron chi connectivity index (χ0n) is 11.2. The van der Waals surface area contributed by atoms with Crippen molar-refractivity contribution in [3.63, 3.8) is 0 Å². The van der Waals surface area contributed by atoms with E-state index in [2.05, 4.69) is 37.4 Å². The third kappa shape index (κ3) is 4.48. The Balaban J connectivity index is 1.79. The highest BCUT2D eigenvalue weighted by Gasteiger charge is 1.99. The van der Waals surface area contributed by atoms with Crippen LogP contribution in [-0.2, 0) is 0 Å². The Kier molecular flexibility index (Phi) is 5.17. The fraction of sp³-hybridized carbons (Fsp3) is 0.250. The number of nitrogens with one attached hydrogen (secondary N) is 1. The minimum absolute atomic E-state index is 0.773. The van der Waals surface area contributed by atoms with Crippen LogP contribution in [0.3, 0.4) is 0 Å². The summed E-state index contributed by atoms with van der Waals surface area (Å²) in [7, 11) is 0. The molecular formula is C16H18ClNS. The van der Waals surface area contributed by atoms with E-state index in [1.54, 1.807) is 0 Å². The molecule has 100 valence electrons. The number of hydrogen-bond donors (Lipinski definition) is 1. The van der Waals surface area contributed by atoms with Gasteiger partial charge in [-0.05, 0) is 49.7 Å². The molecule has 0 saturated heterocycles. The second-order valence-electron chi connectivity index (χ2n) is 4.55. The molecule has 0 heterocycles. The van der Waals surface area contributed by atoms with E-state index >= 15 is 0 Å². The minimum atomic E-state index is 0.773. The molecular weight excluding hydrogens is 274 g/mol. The highest BCUT2D eigenvalue weighted by atomic mass is 35.5. The van der Waals surface area contributed by atoms with E-state index in [1.165, 1.54) is 16.0 Å². The van der Waals surface area contributed by atoms with Gasteiger partial charge in [-0.1, -0.05) is 29.3 Å². The molecule has 0 fully saturated rings. The third-order valence-electron chi connectivity index (χ3n) is 2.86. The van der Waals surface area contributed by atoms with Crippen molar-refractivity contribution in [3.8, 4) is 0 Å². The zero-order valence-corrected chi connectivity index (χ0v) is 12.8. The lowest BCUT2D eigenvalue weighted by Gasteiger charge is -2.08. The topological polar surface area (TPSA) is 12.0 Å². The Labute approximate surface area is 124 Å². The summed E-state index contributed by atoms with van der Waals surface area (Å²) in [6.45, 7) is 5.24. The molecule has 0 bridgehead atoms. The van der Waals surface area contributed by atoms with Crippen LogP contribution in [0, 0.1) is 13.8 Å². The summed E-state index contributed by atoms with van der Waals surface area (Å²) in [4.78, 5) is 1.36. The van der Waals surface area contributed by atoms with Crippen LogP contribution in [-0.4, -0.2) is 12.3 Å². The van der Waals surface area contributed by atoms with Crippen molar-refractivity contribution >= 4 is 29.1 Å². The smallest absolute Gasteiger partial charge is 0.0407 e. The summed E-state index contributed by atoms with van der Waals surface area (Å²) < 4.78 is 0. The van der Waals surface area contributed by atoms with Gasteiger partial charge in [-0.15, -0.1) is 11.8 Å². The van der Waals surface area contributed by atoms with E-state index in [0.29, 0.717) is 0 Å². The van der Waals surface area contributed by atoms with Crippen molar-refractivity contribution in [2.75, 3.05) is 17.6 Å². The van der Waals surface area contributed by atoms with Crippen molar-refractivity contribution in [2.24, 2.45) is 0 Å². The molecule has 3 heteroatoms. The van der Waals surface area contributed by atoms with Crippen LogP contribution < -0.4 is 5.32 Å². The van der Waals surface area contributed by atoms with Gasteiger partial charge in [0.15, 0.2) is 0 Å². The fourth-order valence-corrected chi connectivity index (χ4v) is 2.89. The molecule has 0 radical (unpaired) electrons. The molecule has 2 aromatic carbocycles. The Morgan fingerprint density at radius 1 is 1.05 bits per heavy atom. The average Bonchev–Trinajstić information content (AvgIpc) is 2.39. The predicted octanol–water partition coefficient (Wildman–Crippen LogP) is 5.16. The molecule has 0 aliphatic carbocycles. The maximum absolute atomic E-state index is 5.85. The zero-order chi connectivity index (χ0) is 13.7. The maximum Gasteiger partial charge on any atom is 0.0407 e. The average molecular weight is 292 g/mol. The van der Waals surface area contributed by atoms with Crippen LogP contribution in [0.4, 0.5) is 5.69 Å². The third-order valence-corrected chi connectivity index (χ3v) is 4.29. The minimum Gasteiger partial charge on any atom is -0.384 e. The van der Waals surface area contributed by atoms with Gasteiger partial charge in [0.25, 0.3) is 0 Å². The Bertz CT molecular complexity index is 537. The van der Waals surface area contributed by atoms with E-state index in [1.807, 2.05) is 36.0 Å². The monoisotopic (exact) mass is 291 g/mol. The van der Waals surface area contributed by atoms with Crippen molar-refractivity contribution in [1.82, 2.24) is 0 Å². The number of rotatable bonds is 5. The second-order valence-corrected chi connectivity index (χ2v) is 6.12. The molecule has 0 spiro atoms. The van der Waals surface area contributed by atoms with Crippen molar-refractivity contribution < 1.29 is 0 Å². The lowest BCUT2D eigenvalue weighted by molar-refractivity contribution is 1.21. The lowest BCUT2D eigenvalue weighted by atomic mass is 10.2. The molecule has 0 aliphatic rings. The van der Waals surface area contributed by atoms with Crippen LogP contribution >= 0.6 is 23.4 Å². The van der Waals surface area contributed by atoms with Crippen LogP contribution in [0.1, 0.15) is 11.1 Å². The molecule has 2 aromatic rings. The van der Waals surface area contributed by atoms with Gasteiger partial charge in [-0.2, -0.15) is 0 Å².